The van der Waals surface area contributed by atoms with Gasteiger partial charge >= 0.3 is 6.09 Å². The van der Waals surface area contributed by atoms with Gasteiger partial charge in [0.1, 0.15) is 5.60 Å². The Morgan fingerprint density at radius 3 is 2.17 bits per heavy atom. The summed E-state index contributed by atoms with van der Waals surface area (Å²) in [6.07, 6.45) is 4.79. The molecule has 0 aromatic heterocycles. The van der Waals surface area contributed by atoms with E-state index in [-0.39, 0.29) is 30.6 Å². The molecule has 2 amide bonds. The topological polar surface area (TPSA) is 74.8 Å². The quantitative estimate of drug-likeness (QED) is 0.219. The second-order valence-electron chi connectivity index (χ2n) is 15.8. The molecule has 0 N–H and O–H groups in total. The summed E-state index contributed by atoms with van der Waals surface area (Å²) in [6, 6.07) is 20.4. The molecular formula is C42H55ClN4O5. The molecule has 280 valence electrons. The fourth-order valence-electron chi connectivity index (χ4n) is 7.98. The monoisotopic (exact) mass is 730 g/mol. The lowest BCUT2D eigenvalue weighted by atomic mass is 9.84. The number of hydrogen-bond donors (Lipinski definition) is 0. The standard InChI is InChI=1S/C42H55ClN4O5/c1-28(2)51-38-26-36-31(24-37(38)50-7)25-39(48)47(40(36)30-10-12-32(43)13-11-30)35-18-16-33(17-19-35)44(6)27-29-8-14-34(15-9-29)45-20-22-46(23-21-45)41(49)52-42(3,4)5/h10-13,16-19,24,26,28-29,34,40H,8-9,14-15,20-23,25,27H2,1-7H3/t29-,34-,40-/m0/s1. The Balaban J connectivity index is 1.11. The summed E-state index contributed by atoms with van der Waals surface area (Å²) in [5.74, 6) is 1.94. The van der Waals surface area contributed by atoms with Gasteiger partial charge in [-0.25, -0.2) is 4.79 Å². The number of nitrogens with zero attached hydrogens (tertiary/aromatic N) is 4. The van der Waals surface area contributed by atoms with Gasteiger partial charge in [0.05, 0.1) is 25.7 Å². The fourth-order valence-corrected chi connectivity index (χ4v) is 8.10. The first-order chi connectivity index (χ1) is 24.8. The number of carbonyl (C=O) groups excluding carboxylic acids is 2. The molecule has 52 heavy (non-hydrogen) atoms. The lowest BCUT2D eigenvalue weighted by Gasteiger charge is -2.42. The number of carbonyl (C=O) groups is 2. The van der Waals surface area contributed by atoms with Gasteiger partial charge < -0.3 is 28.9 Å². The van der Waals surface area contributed by atoms with E-state index in [1.54, 1.807) is 7.11 Å². The van der Waals surface area contributed by atoms with Gasteiger partial charge in [-0.05, 0) is 131 Å². The van der Waals surface area contributed by atoms with Crippen molar-refractivity contribution in [1.82, 2.24) is 9.80 Å². The Labute approximate surface area is 314 Å². The number of halogens is 1. The number of ether oxygens (including phenoxy) is 3. The summed E-state index contributed by atoms with van der Waals surface area (Å²) < 4.78 is 17.4. The second kappa shape index (κ2) is 16.0. The molecule has 1 atom stereocenters. The number of amides is 2. The molecule has 9 nitrogen and oxygen atoms in total. The summed E-state index contributed by atoms with van der Waals surface area (Å²) >= 11 is 6.31. The Kier molecular flexibility index (Phi) is 11.6. The van der Waals surface area contributed by atoms with Crippen molar-refractivity contribution in [1.29, 1.82) is 0 Å². The average molecular weight is 731 g/mol. The number of fused-ring (bicyclic) bond motifs is 1. The molecule has 10 heteroatoms. The molecule has 1 aliphatic carbocycles. The zero-order chi connectivity index (χ0) is 37.2. The molecule has 0 spiro atoms. The first-order valence-corrected chi connectivity index (χ1v) is 19.2. The Bertz CT molecular complexity index is 1690. The van der Waals surface area contributed by atoms with Crippen LogP contribution in [0.5, 0.6) is 11.5 Å². The van der Waals surface area contributed by atoms with E-state index in [1.807, 2.05) is 80.8 Å². The maximum atomic E-state index is 14.0. The van der Waals surface area contributed by atoms with Crippen molar-refractivity contribution in [2.24, 2.45) is 5.92 Å². The molecule has 0 unspecified atom stereocenters. The highest BCUT2D eigenvalue weighted by Crippen LogP contribution is 2.44. The van der Waals surface area contributed by atoms with E-state index in [4.69, 9.17) is 25.8 Å². The lowest BCUT2D eigenvalue weighted by Crippen LogP contribution is -2.53. The van der Waals surface area contributed by atoms with Crippen LogP contribution in [0, 0.1) is 5.92 Å². The highest BCUT2D eigenvalue weighted by Gasteiger charge is 2.37. The maximum Gasteiger partial charge on any atom is 0.410 e. The van der Waals surface area contributed by atoms with Gasteiger partial charge in [0.2, 0.25) is 5.91 Å². The molecule has 2 aliphatic heterocycles. The normalized spacial score (nSPS) is 21.2. The fraction of sp³-hybridized carbons (Fsp3) is 0.524. The largest absolute Gasteiger partial charge is 0.493 e. The van der Waals surface area contributed by atoms with Crippen molar-refractivity contribution in [2.45, 2.75) is 90.5 Å². The molecular weight excluding hydrogens is 676 g/mol. The average Bonchev–Trinajstić information content (AvgIpc) is 3.11. The molecule has 0 radical (unpaired) electrons. The Hall–Kier alpha value is -3.95. The van der Waals surface area contributed by atoms with Crippen molar-refractivity contribution in [3.05, 3.63) is 82.4 Å². The molecule has 0 bridgehead atoms. The number of methoxy groups -OCH3 is 1. The minimum atomic E-state index is -0.467. The first-order valence-electron chi connectivity index (χ1n) is 18.8. The number of hydrogen-bond acceptors (Lipinski definition) is 7. The van der Waals surface area contributed by atoms with Gasteiger partial charge in [-0.1, -0.05) is 23.7 Å². The lowest BCUT2D eigenvalue weighted by molar-refractivity contribution is -0.118. The van der Waals surface area contributed by atoms with Gasteiger partial charge in [-0.15, -0.1) is 0 Å². The zero-order valence-electron chi connectivity index (χ0n) is 31.9. The SMILES string of the molecule is COc1cc2c(cc1OC(C)C)[C@H](c1ccc(Cl)cc1)N(c1ccc(N(C)C[C@H]3CC[C@H](N4CCN(C(=O)OC(C)(C)C)CC4)CC3)cc1)C(=O)C2. The first kappa shape index (κ1) is 37.8. The Morgan fingerprint density at radius 2 is 1.58 bits per heavy atom. The number of benzene rings is 3. The van der Waals surface area contributed by atoms with E-state index in [2.05, 4.69) is 41.1 Å². The molecule has 1 saturated heterocycles. The van der Waals surface area contributed by atoms with E-state index in [9.17, 15) is 9.59 Å². The number of piperazine rings is 1. The van der Waals surface area contributed by atoms with Crippen LogP contribution in [-0.4, -0.2) is 86.4 Å². The molecule has 3 aliphatic rings. The van der Waals surface area contributed by atoms with Crippen LogP contribution in [0.15, 0.2) is 60.7 Å². The van der Waals surface area contributed by atoms with Crippen LogP contribution in [0.2, 0.25) is 5.02 Å². The van der Waals surface area contributed by atoms with Crippen LogP contribution in [-0.2, 0) is 16.0 Å². The van der Waals surface area contributed by atoms with E-state index in [0.29, 0.717) is 28.5 Å². The molecule has 1 saturated carbocycles. The van der Waals surface area contributed by atoms with Gasteiger partial charge in [-0.2, -0.15) is 0 Å². The summed E-state index contributed by atoms with van der Waals surface area (Å²) in [5.41, 5.74) is 4.44. The highest BCUT2D eigenvalue weighted by molar-refractivity contribution is 6.30. The van der Waals surface area contributed by atoms with Crippen LogP contribution in [0.4, 0.5) is 16.2 Å². The smallest absolute Gasteiger partial charge is 0.410 e. The van der Waals surface area contributed by atoms with Crippen molar-refractivity contribution < 1.29 is 23.8 Å². The van der Waals surface area contributed by atoms with E-state index in [0.717, 1.165) is 60.8 Å². The third kappa shape index (κ3) is 8.80. The summed E-state index contributed by atoms with van der Waals surface area (Å²) in [4.78, 5) is 35.2. The van der Waals surface area contributed by atoms with E-state index >= 15 is 0 Å². The zero-order valence-corrected chi connectivity index (χ0v) is 32.6. The minimum absolute atomic E-state index is 0.0242. The van der Waals surface area contributed by atoms with Crippen LogP contribution in [0.3, 0.4) is 0 Å². The predicted octanol–water partition coefficient (Wildman–Crippen LogP) is 8.36. The summed E-state index contributed by atoms with van der Waals surface area (Å²) in [7, 11) is 3.80. The van der Waals surface area contributed by atoms with Gasteiger partial charge in [0.15, 0.2) is 11.5 Å². The molecule has 2 heterocycles. The summed E-state index contributed by atoms with van der Waals surface area (Å²) in [5, 5.41) is 0.648. The van der Waals surface area contributed by atoms with Gasteiger partial charge in [0, 0.05) is 62.2 Å². The second-order valence-corrected chi connectivity index (χ2v) is 16.3. The maximum absolute atomic E-state index is 14.0. The molecule has 3 aromatic rings. The summed E-state index contributed by atoms with van der Waals surface area (Å²) in [6.45, 7) is 14.0. The molecule has 2 fully saturated rings. The van der Waals surface area contributed by atoms with E-state index in [1.165, 1.54) is 25.7 Å². The van der Waals surface area contributed by atoms with Crippen LogP contribution in [0.25, 0.3) is 0 Å². The third-order valence-electron chi connectivity index (χ3n) is 10.5. The van der Waals surface area contributed by atoms with Crippen LogP contribution < -0.4 is 19.3 Å². The van der Waals surface area contributed by atoms with E-state index < -0.39 is 5.60 Å². The van der Waals surface area contributed by atoms with Crippen molar-refractivity contribution in [3.63, 3.8) is 0 Å². The number of rotatable bonds is 9. The molecule has 3 aromatic carbocycles. The van der Waals surface area contributed by atoms with Crippen molar-refractivity contribution in [3.8, 4) is 11.5 Å². The molecule has 6 rings (SSSR count). The highest BCUT2D eigenvalue weighted by atomic mass is 35.5. The van der Waals surface area contributed by atoms with Gasteiger partial charge in [-0.3, -0.25) is 9.69 Å². The van der Waals surface area contributed by atoms with Crippen LogP contribution in [0.1, 0.15) is 83.0 Å². The van der Waals surface area contributed by atoms with Crippen LogP contribution >= 0.6 is 11.6 Å². The Morgan fingerprint density at radius 1 is 0.923 bits per heavy atom. The van der Waals surface area contributed by atoms with Crippen molar-refractivity contribution >= 4 is 35.0 Å². The van der Waals surface area contributed by atoms with Gasteiger partial charge in [0.25, 0.3) is 0 Å². The third-order valence-corrected chi connectivity index (χ3v) is 10.8. The predicted molar refractivity (Wildman–Crippen MR) is 208 cm³/mol. The van der Waals surface area contributed by atoms with Crippen molar-refractivity contribution in [2.75, 3.05) is 56.7 Å². The minimum Gasteiger partial charge on any atom is -0.493 e. The number of anilines is 2.